The molecule has 1 saturated heterocycles. The topological polar surface area (TPSA) is 108 Å². The van der Waals surface area contributed by atoms with Crippen molar-refractivity contribution < 1.29 is 17.6 Å². The molecule has 0 unspecified atom stereocenters. The highest BCUT2D eigenvalue weighted by molar-refractivity contribution is 7.90. The quantitative estimate of drug-likeness (QED) is 0.279. The zero-order valence-electron chi connectivity index (χ0n) is 21.2. The van der Waals surface area contributed by atoms with Crippen LogP contribution in [0.1, 0.15) is 41.0 Å². The normalized spacial score (nSPS) is 14.0. The van der Waals surface area contributed by atoms with E-state index in [4.69, 9.17) is 5.41 Å². The summed E-state index contributed by atoms with van der Waals surface area (Å²) in [6.45, 7) is 3.23. The number of anilines is 1. The van der Waals surface area contributed by atoms with Crippen molar-refractivity contribution >= 4 is 38.0 Å². The molecule has 0 spiro atoms. The van der Waals surface area contributed by atoms with Gasteiger partial charge in [0.2, 0.25) is 0 Å². The number of sulfone groups is 1. The molecule has 3 aromatic carbocycles. The van der Waals surface area contributed by atoms with Gasteiger partial charge in [-0.3, -0.25) is 10.2 Å². The zero-order valence-corrected chi connectivity index (χ0v) is 22.0. The third-order valence-electron chi connectivity index (χ3n) is 6.68. The van der Waals surface area contributed by atoms with Crippen LogP contribution in [0.25, 0.3) is 16.5 Å². The van der Waals surface area contributed by atoms with Gasteiger partial charge in [-0.15, -0.1) is 0 Å². The van der Waals surface area contributed by atoms with Crippen molar-refractivity contribution in [1.82, 2.24) is 14.7 Å². The van der Waals surface area contributed by atoms with E-state index < -0.39 is 21.6 Å². The number of carbonyl (C=O) groups is 1. The van der Waals surface area contributed by atoms with Crippen LogP contribution >= 0.6 is 0 Å². The fourth-order valence-electron chi connectivity index (χ4n) is 4.76. The van der Waals surface area contributed by atoms with Crippen molar-refractivity contribution in [2.24, 2.45) is 0 Å². The predicted molar refractivity (Wildman–Crippen MR) is 146 cm³/mol. The van der Waals surface area contributed by atoms with E-state index in [1.165, 1.54) is 22.9 Å². The van der Waals surface area contributed by atoms with Crippen LogP contribution in [0, 0.1) is 18.2 Å². The first-order chi connectivity index (χ1) is 18.1. The summed E-state index contributed by atoms with van der Waals surface area (Å²) >= 11 is 0. The van der Waals surface area contributed by atoms with Gasteiger partial charge in [-0.1, -0.05) is 24.3 Å². The minimum atomic E-state index is -3.67. The second kappa shape index (κ2) is 10.0. The van der Waals surface area contributed by atoms with Crippen molar-refractivity contribution in [3.8, 4) is 5.69 Å². The summed E-state index contributed by atoms with van der Waals surface area (Å²) in [4.78, 5) is 15.3. The lowest BCUT2D eigenvalue weighted by atomic mass is 10.1. The van der Waals surface area contributed by atoms with Crippen molar-refractivity contribution in [3.63, 3.8) is 0 Å². The van der Waals surface area contributed by atoms with Gasteiger partial charge in [0.1, 0.15) is 17.3 Å². The third kappa shape index (κ3) is 5.04. The summed E-state index contributed by atoms with van der Waals surface area (Å²) in [6, 6.07) is 16.4. The van der Waals surface area contributed by atoms with Crippen LogP contribution in [0.5, 0.6) is 0 Å². The number of nitrogens with one attached hydrogen (secondary N) is 2. The summed E-state index contributed by atoms with van der Waals surface area (Å²) in [6.07, 6.45) is 4.24. The Morgan fingerprint density at radius 3 is 2.34 bits per heavy atom. The molecule has 38 heavy (non-hydrogen) atoms. The van der Waals surface area contributed by atoms with Crippen LogP contribution in [-0.2, 0) is 9.84 Å². The minimum Gasteiger partial charge on any atom is -0.357 e. The molecule has 0 bridgehead atoms. The first-order valence-electron chi connectivity index (χ1n) is 12.4. The summed E-state index contributed by atoms with van der Waals surface area (Å²) in [5, 5.41) is 16.9. The fraction of sp³-hybridized carbons (Fsp3) is 0.250. The number of rotatable bonds is 5. The van der Waals surface area contributed by atoms with Crippen LogP contribution in [0.2, 0.25) is 0 Å². The maximum Gasteiger partial charge on any atom is 0.274 e. The maximum atomic E-state index is 15.0. The SMILES string of the molecule is Cc1cc(C(=O)Nc2ccc(C(=N)N3CCCCC3)cc2F)n(-c2cc3ccccc3cc2S(C)(=O)=O)n1. The van der Waals surface area contributed by atoms with Crippen molar-refractivity contribution in [1.29, 1.82) is 5.41 Å². The number of amides is 1. The number of fused-ring (bicyclic) bond motifs is 1. The second-order valence-corrected chi connectivity index (χ2v) is 11.6. The van der Waals surface area contributed by atoms with Crippen molar-refractivity contribution in [2.75, 3.05) is 24.7 Å². The molecule has 1 aromatic heterocycles. The van der Waals surface area contributed by atoms with E-state index in [1.54, 1.807) is 25.1 Å². The second-order valence-electron chi connectivity index (χ2n) is 9.57. The summed E-state index contributed by atoms with van der Waals surface area (Å²) < 4.78 is 41.7. The molecule has 1 fully saturated rings. The Morgan fingerprint density at radius 2 is 1.68 bits per heavy atom. The molecule has 0 radical (unpaired) electrons. The number of hydrogen-bond donors (Lipinski definition) is 2. The standard InChI is InChI=1S/C28H28FN5O3S/c1-18-14-25(34(32-18)24-16-19-8-4-5-9-20(19)17-26(24)38(2,36)37)28(35)31-23-11-10-21(15-22(23)29)27(30)33-12-6-3-7-13-33/h4-5,8-11,14-17,30H,3,6-7,12-13H2,1-2H3,(H,31,35). The van der Waals surface area contributed by atoms with Gasteiger partial charge < -0.3 is 10.2 Å². The van der Waals surface area contributed by atoms with E-state index in [0.29, 0.717) is 11.3 Å². The first-order valence-corrected chi connectivity index (χ1v) is 14.3. The highest BCUT2D eigenvalue weighted by Gasteiger charge is 2.23. The van der Waals surface area contributed by atoms with Crippen LogP contribution in [0.4, 0.5) is 10.1 Å². The molecular formula is C28H28FN5O3S. The Kier molecular flexibility index (Phi) is 6.75. The molecule has 4 aromatic rings. The highest BCUT2D eigenvalue weighted by atomic mass is 32.2. The van der Waals surface area contributed by atoms with Crippen LogP contribution in [0.15, 0.2) is 65.6 Å². The van der Waals surface area contributed by atoms with E-state index in [2.05, 4.69) is 10.4 Å². The average Bonchev–Trinajstić information content (AvgIpc) is 3.30. The van der Waals surface area contributed by atoms with Gasteiger partial charge in [0.25, 0.3) is 5.91 Å². The van der Waals surface area contributed by atoms with Gasteiger partial charge in [0.05, 0.1) is 22.0 Å². The number of halogens is 1. The number of amidine groups is 1. The van der Waals surface area contributed by atoms with Crippen molar-refractivity contribution in [2.45, 2.75) is 31.1 Å². The molecule has 10 heteroatoms. The van der Waals surface area contributed by atoms with Crippen LogP contribution in [-0.4, -0.2) is 54.2 Å². The average molecular weight is 534 g/mol. The van der Waals surface area contributed by atoms with E-state index in [9.17, 15) is 13.2 Å². The minimum absolute atomic E-state index is 0.0279. The van der Waals surface area contributed by atoms with Crippen LogP contribution in [0.3, 0.4) is 0 Å². The number of nitrogens with zero attached hydrogens (tertiary/aromatic N) is 3. The third-order valence-corrected chi connectivity index (χ3v) is 7.81. The zero-order chi connectivity index (χ0) is 27.0. The summed E-state index contributed by atoms with van der Waals surface area (Å²) in [7, 11) is -3.67. The first kappa shape index (κ1) is 25.6. The number of hydrogen-bond acceptors (Lipinski definition) is 5. The van der Waals surface area contributed by atoms with Gasteiger partial charge in [-0.25, -0.2) is 17.5 Å². The van der Waals surface area contributed by atoms with E-state index in [0.717, 1.165) is 49.4 Å². The van der Waals surface area contributed by atoms with Crippen LogP contribution < -0.4 is 5.32 Å². The van der Waals surface area contributed by atoms with Gasteiger partial charge in [-0.2, -0.15) is 5.10 Å². The van der Waals surface area contributed by atoms with Gasteiger partial charge in [0, 0.05) is 24.9 Å². The Morgan fingerprint density at radius 1 is 1.00 bits per heavy atom. The van der Waals surface area contributed by atoms with Gasteiger partial charge >= 0.3 is 0 Å². The predicted octanol–water partition coefficient (Wildman–Crippen LogP) is 4.94. The maximum absolute atomic E-state index is 15.0. The van der Waals surface area contributed by atoms with Gasteiger partial charge in [-0.05, 0) is 73.4 Å². The monoisotopic (exact) mass is 533 g/mol. The van der Waals surface area contributed by atoms with Crippen molar-refractivity contribution in [3.05, 3.63) is 83.4 Å². The smallest absolute Gasteiger partial charge is 0.274 e. The highest BCUT2D eigenvalue weighted by Crippen LogP contribution is 2.28. The molecule has 2 N–H and O–H groups in total. The molecule has 2 heterocycles. The number of benzene rings is 3. The lowest BCUT2D eigenvalue weighted by Crippen LogP contribution is -2.35. The lowest BCUT2D eigenvalue weighted by Gasteiger charge is -2.29. The molecule has 5 rings (SSSR count). The van der Waals surface area contributed by atoms with Gasteiger partial charge in [0.15, 0.2) is 9.84 Å². The molecule has 1 aliphatic heterocycles. The van der Waals surface area contributed by atoms with E-state index in [-0.39, 0.29) is 27.8 Å². The molecule has 1 aliphatic rings. The number of piperidine rings is 1. The molecule has 0 saturated carbocycles. The summed E-state index contributed by atoms with van der Waals surface area (Å²) in [5.74, 6) is -1.04. The van der Waals surface area contributed by atoms with E-state index >= 15 is 4.39 Å². The fourth-order valence-corrected chi connectivity index (χ4v) is 5.63. The number of carbonyl (C=O) groups excluding carboxylic acids is 1. The Labute approximate surface area is 220 Å². The molecule has 8 nitrogen and oxygen atoms in total. The Bertz CT molecular complexity index is 1670. The number of likely N-dealkylation sites (tertiary alicyclic amines) is 1. The molecular weight excluding hydrogens is 505 g/mol. The summed E-state index contributed by atoms with van der Waals surface area (Å²) in [5.41, 5.74) is 1.19. The van der Waals surface area contributed by atoms with E-state index in [1.807, 2.05) is 29.2 Å². The number of aromatic nitrogens is 2. The number of aryl methyl sites for hydroxylation is 1. The Balaban J connectivity index is 1.48. The lowest BCUT2D eigenvalue weighted by molar-refractivity contribution is 0.101. The molecule has 0 aliphatic carbocycles. The Hall–Kier alpha value is -4.05. The molecule has 196 valence electrons. The largest absolute Gasteiger partial charge is 0.357 e. The molecule has 0 atom stereocenters. The molecule has 1 amide bonds.